The van der Waals surface area contributed by atoms with Crippen LogP contribution in [0, 0.1) is 83.1 Å². The predicted molar refractivity (Wildman–Crippen MR) is 382 cm³/mol. The van der Waals surface area contributed by atoms with Crippen LogP contribution in [0.25, 0.3) is 43.5 Å². The molecule has 89 heavy (non-hydrogen) atoms. The highest BCUT2D eigenvalue weighted by Gasteiger charge is 2.54. The maximum Gasteiger partial charge on any atom is 0.270 e. The molecule has 0 spiro atoms. The van der Waals surface area contributed by atoms with E-state index in [1.54, 1.807) is 0 Å². The van der Waals surface area contributed by atoms with E-state index in [1.807, 2.05) is 24.2 Å². The third kappa shape index (κ3) is 7.11. The molecule has 13 aromatic rings. The Labute approximate surface area is 526 Å². The normalized spacial score (nSPS) is 13.9. The number of pyridine rings is 4. The molecule has 6 nitrogen and oxygen atoms in total. The Hall–Kier alpha value is -9.17. The van der Waals surface area contributed by atoms with E-state index < -0.39 is 0 Å². The number of rotatable bonds is 4. The Morgan fingerprint density at radius 3 is 1.28 bits per heavy atom. The Bertz CT molecular complexity index is 5340. The van der Waals surface area contributed by atoms with Crippen molar-refractivity contribution in [2.24, 2.45) is 0 Å². The minimum Gasteiger partial charge on any atom is -0.309 e. The number of hydrogen-bond acceptors (Lipinski definition) is 7. The third-order valence-electron chi connectivity index (χ3n) is 20.9. The van der Waals surface area contributed by atoms with Gasteiger partial charge in [0.05, 0.1) is 56.9 Å². The number of fused-ring (bicyclic) bond motifs is 13. The van der Waals surface area contributed by atoms with Crippen molar-refractivity contribution in [3.05, 3.63) is 225 Å². The van der Waals surface area contributed by atoms with Crippen LogP contribution in [0.3, 0.4) is 0 Å². The number of anilines is 6. The number of aryl methyl sites for hydroxylation is 12. The molecule has 4 aromatic heterocycles. The van der Waals surface area contributed by atoms with E-state index in [4.69, 9.17) is 19.9 Å². The van der Waals surface area contributed by atoms with Gasteiger partial charge < -0.3 is 9.80 Å². The van der Waals surface area contributed by atoms with Gasteiger partial charge in [-0.3, -0.25) is 19.9 Å². The zero-order valence-electron chi connectivity index (χ0n) is 52.4. The average Bonchev–Trinajstić information content (AvgIpc) is 0.698. The van der Waals surface area contributed by atoms with E-state index in [9.17, 15) is 0 Å². The predicted octanol–water partition coefficient (Wildman–Crippen LogP) is 10.3. The SMILES string of the molecule is Cc1cc(C)c(B2c3cc4ccccc4c4c3N3c5c(cc6ccccc6c5S4)B(c4c(C)cc(C)cc4C)c4c3c2nc2c3c5c(nc42)B(c2c(C)cc(C)cc2C)c2ccc4ncccc4c2N5c2cnccc2B3c2c(C)cc(C)cc2C)c(C)c1. The Balaban J connectivity index is 1.13. The van der Waals surface area contributed by atoms with E-state index >= 15 is 0 Å². The van der Waals surface area contributed by atoms with E-state index in [2.05, 4.69) is 239 Å². The number of nitrogens with zero attached hydrogens (tertiary/aromatic N) is 6. The summed E-state index contributed by atoms with van der Waals surface area (Å²) in [4.78, 5) is 31.4. The summed E-state index contributed by atoms with van der Waals surface area (Å²) in [7, 11) is 0. The van der Waals surface area contributed by atoms with Crippen molar-refractivity contribution in [1.82, 2.24) is 19.9 Å². The third-order valence-corrected chi connectivity index (χ3v) is 22.1. The topological polar surface area (TPSA) is 58.0 Å². The van der Waals surface area contributed by atoms with Gasteiger partial charge in [0.1, 0.15) is 0 Å². The molecule has 18 rings (SSSR count). The van der Waals surface area contributed by atoms with Gasteiger partial charge in [-0.1, -0.05) is 216 Å². The van der Waals surface area contributed by atoms with Crippen molar-refractivity contribution in [1.29, 1.82) is 0 Å². The van der Waals surface area contributed by atoms with Crippen LogP contribution < -0.4 is 75.6 Å². The van der Waals surface area contributed by atoms with Crippen molar-refractivity contribution >= 4 is 182 Å². The summed E-state index contributed by atoms with van der Waals surface area (Å²) in [6.07, 6.45) is 6.06. The van der Waals surface area contributed by atoms with Crippen LogP contribution in [0.5, 0.6) is 0 Å². The molecule has 5 aliphatic heterocycles. The quantitative estimate of drug-likeness (QED) is 0.163. The molecule has 0 amide bonds. The van der Waals surface area contributed by atoms with E-state index in [0.717, 1.165) is 50.2 Å². The molecule has 0 saturated carbocycles. The lowest BCUT2D eigenvalue weighted by Crippen LogP contribution is -2.70. The van der Waals surface area contributed by atoms with Gasteiger partial charge in [-0.25, -0.2) is 0 Å². The van der Waals surface area contributed by atoms with Crippen LogP contribution in [0.15, 0.2) is 168 Å². The average molecular weight is 1160 g/mol. The molecule has 11 heteroatoms. The smallest absolute Gasteiger partial charge is 0.270 e. The maximum absolute atomic E-state index is 6.69. The Kier molecular flexibility index (Phi) is 11.1. The molecule has 0 radical (unpaired) electrons. The molecule has 0 saturated heterocycles. The van der Waals surface area contributed by atoms with E-state index in [0.29, 0.717) is 0 Å². The van der Waals surface area contributed by atoms with Crippen LogP contribution in [-0.2, 0) is 0 Å². The van der Waals surface area contributed by atoms with E-state index in [1.165, 1.54) is 170 Å². The molecule has 9 aromatic carbocycles. The molecule has 0 fully saturated rings. The monoisotopic (exact) mass is 1160 g/mol. The van der Waals surface area contributed by atoms with Gasteiger partial charge in [0, 0.05) is 38.8 Å². The summed E-state index contributed by atoms with van der Waals surface area (Å²) < 4.78 is 0. The van der Waals surface area contributed by atoms with Gasteiger partial charge in [-0.15, -0.1) is 0 Å². The van der Waals surface area contributed by atoms with Gasteiger partial charge in [-0.05, 0) is 162 Å². The lowest BCUT2D eigenvalue weighted by atomic mass is 9.29. The summed E-state index contributed by atoms with van der Waals surface area (Å²) in [6, 6.07) is 53.8. The van der Waals surface area contributed by atoms with Crippen molar-refractivity contribution in [2.45, 2.75) is 92.9 Å². The molecule has 9 heterocycles. The molecule has 5 aliphatic rings. The summed E-state index contributed by atoms with van der Waals surface area (Å²) in [5, 5.41) is 6.10. The molecular weight excluding hydrogens is 1100 g/mol. The van der Waals surface area contributed by atoms with Crippen LogP contribution >= 0.6 is 11.8 Å². The van der Waals surface area contributed by atoms with Crippen molar-refractivity contribution in [3.63, 3.8) is 0 Å². The van der Waals surface area contributed by atoms with Gasteiger partial charge in [0.2, 0.25) is 13.4 Å². The summed E-state index contributed by atoms with van der Waals surface area (Å²) in [5.74, 6) is 0. The second-order valence-corrected chi connectivity index (χ2v) is 27.7. The highest BCUT2D eigenvalue weighted by Crippen LogP contribution is 2.57. The summed E-state index contributed by atoms with van der Waals surface area (Å²) in [6.45, 7) is 26.7. The fraction of sp³-hybridized carbons (Fsp3) is 0.154. The first-order chi connectivity index (χ1) is 43.1. The highest BCUT2D eigenvalue weighted by atomic mass is 32.2. The zero-order chi connectivity index (χ0) is 60.5. The molecular formula is C78H62B4N6S. The first-order valence-corrected chi connectivity index (χ1v) is 32.4. The first kappa shape index (κ1) is 52.9. The molecule has 422 valence electrons. The molecule has 0 aliphatic carbocycles. The largest absolute Gasteiger partial charge is 0.309 e. The molecule has 0 N–H and O–H groups in total. The minimum absolute atomic E-state index is 0.239. The minimum atomic E-state index is -0.268. The van der Waals surface area contributed by atoms with Gasteiger partial charge >= 0.3 is 0 Å². The van der Waals surface area contributed by atoms with Crippen LogP contribution in [0.1, 0.15) is 66.8 Å². The van der Waals surface area contributed by atoms with Gasteiger partial charge in [0.15, 0.2) is 0 Å². The van der Waals surface area contributed by atoms with Crippen LogP contribution in [0.4, 0.5) is 34.1 Å². The summed E-state index contributed by atoms with van der Waals surface area (Å²) in [5.41, 5.74) is 39.8. The second-order valence-electron chi connectivity index (χ2n) is 26.7. The zero-order valence-corrected chi connectivity index (χ0v) is 53.2. The highest BCUT2D eigenvalue weighted by molar-refractivity contribution is 8.00. The fourth-order valence-corrected chi connectivity index (χ4v) is 19.5. The molecule has 0 bridgehead atoms. The standard InChI is InChI=1S/C78H62B4N6S/c1-39-28-43(5)62(44(6)29-39)79-56-25-27-83-38-61(56)87-70-55-22-17-26-84-60(55)24-23-57(70)81(64-47(9)32-41(3)33-48(64)10)77-73(87)66(79)68-69(85-77)67-74-78(86-68)82(65-49(11)34-42(4)35-50(65)12)59-37-52-19-14-16-21-54(52)76-72(59)88(74)71-58(36-51-18-13-15-20-53(51)75(71)89-76)80(67)63-45(7)30-40(2)31-46(63)8/h13-38H,1-12H3. The lowest BCUT2D eigenvalue weighted by Gasteiger charge is -2.48. The second kappa shape index (κ2) is 18.7. The summed E-state index contributed by atoms with van der Waals surface area (Å²) >= 11 is 1.98. The number of aromatic nitrogens is 4. The lowest BCUT2D eigenvalue weighted by molar-refractivity contribution is 1.19. The Morgan fingerprint density at radius 2 is 0.775 bits per heavy atom. The molecule has 0 unspecified atom stereocenters. The van der Waals surface area contributed by atoms with E-state index in [-0.39, 0.29) is 26.9 Å². The maximum atomic E-state index is 6.69. The van der Waals surface area contributed by atoms with Crippen LogP contribution in [0.2, 0.25) is 0 Å². The number of hydrogen-bond donors (Lipinski definition) is 0. The van der Waals surface area contributed by atoms with Crippen molar-refractivity contribution < 1.29 is 0 Å². The number of benzene rings is 9. The van der Waals surface area contributed by atoms with Gasteiger partial charge in [-0.2, -0.15) is 0 Å². The first-order valence-electron chi connectivity index (χ1n) is 31.6. The van der Waals surface area contributed by atoms with Crippen LogP contribution in [-0.4, -0.2) is 46.8 Å². The fourth-order valence-electron chi connectivity index (χ4n) is 18.1. The van der Waals surface area contributed by atoms with Crippen molar-refractivity contribution in [2.75, 3.05) is 9.80 Å². The Morgan fingerprint density at radius 1 is 0.348 bits per heavy atom. The van der Waals surface area contributed by atoms with Gasteiger partial charge in [0.25, 0.3) is 13.4 Å². The van der Waals surface area contributed by atoms with Crippen molar-refractivity contribution in [3.8, 4) is 0 Å². The molecule has 0 atom stereocenters.